The Bertz CT molecular complexity index is 311. The Morgan fingerprint density at radius 3 is 2.62 bits per heavy atom. The largest absolute Gasteiger partial charge is 0.497 e. The first kappa shape index (κ1) is 13.3. The third kappa shape index (κ3) is 3.69. The van der Waals surface area contributed by atoms with Gasteiger partial charge in [0, 0.05) is 6.54 Å². The molecular weight excluding hydrogens is 222 g/mol. The van der Waals surface area contributed by atoms with Gasteiger partial charge in [0.15, 0.2) is 0 Å². The van der Waals surface area contributed by atoms with Crippen LogP contribution in [0.25, 0.3) is 0 Å². The molecule has 1 aromatic rings. The Balaban J connectivity index is 0.00000128. The first-order chi connectivity index (χ1) is 7.38. The van der Waals surface area contributed by atoms with Crippen LogP contribution in [0.15, 0.2) is 24.3 Å². The lowest BCUT2D eigenvalue weighted by Crippen LogP contribution is -2.29. The molecule has 0 saturated carbocycles. The van der Waals surface area contributed by atoms with Gasteiger partial charge in [-0.2, -0.15) is 0 Å². The summed E-state index contributed by atoms with van der Waals surface area (Å²) in [5, 5.41) is 0. The molecule has 0 amide bonds. The molecule has 0 aliphatic carbocycles. The molecule has 2 rings (SSSR count). The summed E-state index contributed by atoms with van der Waals surface area (Å²) in [6.45, 7) is 3.56. The predicted octanol–water partition coefficient (Wildman–Crippen LogP) is 3.10. The molecule has 1 aromatic carbocycles. The maximum atomic E-state index is 5.23. The van der Waals surface area contributed by atoms with E-state index in [0.717, 1.165) is 12.3 Å². The summed E-state index contributed by atoms with van der Waals surface area (Å²) >= 11 is 0. The second kappa shape index (κ2) is 6.77. The molecule has 0 aromatic heterocycles. The molecular formula is C13H20ClNO. The Morgan fingerprint density at radius 2 is 1.94 bits per heavy atom. The molecule has 1 aliphatic rings. The number of halogens is 1. The van der Waals surface area contributed by atoms with Crippen LogP contribution < -0.4 is 4.74 Å². The van der Waals surface area contributed by atoms with Crippen LogP contribution >= 0.6 is 12.4 Å². The van der Waals surface area contributed by atoms with Gasteiger partial charge in [-0.15, -0.1) is 12.4 Å². The molecule has 2 nitrogen and oxygen atoms in total. The van der Waals surface area contributed by atoms with Gasteiger partial charge in [-0.1, -0.05) is 18.6 Å². The SMILES string of the molecule is COc1cccc(CN2CCCCC2)c1.Cl. The topological polar surface area (TPSA) is 12.5 Å². The minimum Gasteiger partial charge on any atom is -0.497 e. The summed E-state index contributed by atoms with van der Waals surface area (Å²) in [4.78, 5) is 2.53. The summed E-state index contributed by atoms with van der Waals surface area (Å²) in [7, 11) is 1.72. The molecule has 0 radical (unpaired) electrons. The van der Waals surface area contributed by atoms with Crippen LogP contribution in [-0.2, 0) is 6.54 Å². The van der Waals surface area contributed by atoms with Crippen LogP contribution in [-0.4, -0.2) is 25.1 Å². The van der Waals surface area contributed by atoms with Crippen molar-refractivity contribution in [2.75, 3.05) is 20.2 Å². The van der Waals surface area contributed by atoms with E-state index in [4.69, 9.17) is 4.74 Å². The van der Waals surface area contributed by atoms with Crippen molar-refractivity contribution in [2.45, 2.75) is 25.8 Å². The number of piperidine rings is 1. The maximum absolute atomic E-state index is 5.23. The smallest absolute Gasteiger partial charge is 0.119 e. The Labute approximate surface area is 104 Å². The quantitative estimate of drug-likeness (QED) is 0.807. The monoisotopic (exact) mass is 241 g/mol. The van der Waals surface area contributed by atoms with Gasteiger partial charge in [0.05, 0.1) is 7.11 Å². The van der Waals surface area contributed by atoms with Gasteiger partial charge in [-0.3, -0.25) is 4.90 Å². The molecule has 0 N–H and O–H groups in total. The third-order valence-electron chi connectivity index (χ3n) is 2.99. The zero-order chi connectivity index (χ0) is 10.5. The first-order valence-corrected chi connectivity index (χ1v) is 5.74. The molecule has 1 heterocycles. The molecule has 90 valence electrons. The summed E-state index contributed by atoms with van der Waals surface area (Å²) in [5.41, 5.74) is 1.36. The molecule has 16 heavy (non-hydrogen) atoms. The fraction of sp³-hybridized carbons (Fsp3) is 0.538. The van der Waals surface area contributed by atoms with Crippen molar-refractivity contribution in [1.29, 1.82) is 0 Å². The molecule has 1 saturated heterocycles. The van der Waals surface area contributed by atoms with E-state index < -0.39 is 0 Å². The predicted molar refractivity (Wildman–Crippen MR) is 69.4 cm³/mol. The number of benzene rings is 1. The van der Waals surface area contributed by atoms with Crippen molar-refractivity contribution >= 4 is 12.4 Å². The zero-order valence-electron chi connectivity index (χ0n) is 9.82. The van der Waals surface area contributed by atoms with Crippen molar-refractivity contribution < 1.29 is 4.74 Å². The number of likely N-dealkylation sites (tertiary alicyclic amines) is 1. The van der Waals surface area contributed by atoms with Crippen molar-refractivity contribution in [3.63, 3.8) is 0 Å². The van der Waals surface area contributed by atoms with Crippen LogP contribution in [0.3, 0.4) is 0 Å². The van der Waals surface area contributed by atoms with Crippen LogP contribution in [0.2, 0.25) is 0 Å². The minimum atomic E-state index is 0. The van der Waals surface area contributed by atoms with Crippen LogP contribution in [0.4, 0.5) is 0 Å². The fourth-order valence-corrected chi connectivity index (χ4v) is 2.15. The van der Waals surface area contributed by atoms with E-state index in [1.807, 2.05) is 6.07 Å². The highest BCUT2D eigenvalue weighted by atomic mass is 35.5. The van der Waals surface area contributed by atoms with Crippen LogP contribution in [0.1, 0.15) is 24.8 Å². The summed E-state index contributed by atoms with van der Waals surface area (Å²) < 4.78 is 5.23. The van der Waals surface area contributed by atoms with E-state index in [2.05, 4.69) is 23.1 Å². The Hall–Kier alpha value is -0.730. The van der Waals surface area contributed by atoms with E-state index in [1.54, 1.807) is 7.11 Å². The second-order valence-electron chi connectivity index (χ2n) is 4.19. The van der Waals surface area contributed by atoms with E-state index in [0.29, 0.717) is 0 Å². The van der Waals surface area contributed by atoms with Crippen LogP contribution in [0, 0.1) is 0 Å². The minimum absolute atomic E-state index is 0. The van der Waals surface area contributed by atoms with Crippen LogP contribution in [0.5, 0.6) is 5.75 Å². The molecule has 0 bridgehead atoms. The van der Waals surface area contributed by atoms with Gasteiger partial charge >= 0.3 is 0 Å². The average Bonchev–Trinajstić information content (AvgIpc) is 2.31. The van der Waals surface area contributed by atoms with Gasteiger partial charge < -0.3 is 4.74 Å². The summed E-state index contributed by atoms with van der Waals surface area (Å²) in [6, 6.07) is 8.38. The van der Waals surface area contributed by atoms with Gasteiger partial charge in [-0.25, -0.2) is 0 Å². The summed E-state index contributed by atoms with van der Waals surface area (Å²) in [6.07, 6.45) is 4.10. The molecule has 0 spiro atoms. The number of rotatable bonds is 3. The number of nitrogens with zero attached hydrogens (tertiary/aromatic N) is 1. The zero-order valence-corrected chi connectivity index (χ0v) is 10.6. The molecule has 1 aliphatic heterocycles. The van der Waals surface area contributed by atoms with E-state index in [9.17, 15) is 0 Å². The molecule has 0 unspecified atom stereocenters. The molecule has 0 atom stereocenters. The lowest BCUT2D eigenvalue weighted by Gasteiger charge is -2.26. The highest BCUT2D eigenvalue weighted by Gasteiger charge is 2.10. The highest BCUT2D eigenvalue weighted by Crippen LogP contribution is 2.16. The fourth-order valence-electron chi connectivity index (χ4n) is 2.15. The van der Waals surface area contributed by atoms with E-state index >= 15 is 0 Å². The molecule has 3 heteroatoms. The average molecular weight is 242 g/mol. The number of hydrogen-bond donors (Lipinski definition) is 0. The van der Waals surface area contributed by atoms with Crippen molar-refractivity contribution in [3.05, 3.63) is 29.8 Å². The second-order valence-corrected chi connectivity index (χ2v) is 4.19. The van der Waals surface area contributed by atoms with Crippen molar-refractivity contribution in [1.82, 2.24) is 4.90 Å². The standard InChI is InChI=1S/C13H19NO.ClH/c1-15-13-7-5-6-12(10-13)11-14-8-3-2-4-9-14;/h5-7,10H,2-4,8-9,11H2,1H3;1H. The summed E-state index contributed by atoms with van der Waals surface area (Å²) in [5.74, 6) is 0.963. The van der Waals surface area contributed by atoms with Gasteiger partial charge in [0.2, 0.25) is 0 Å². The van der Waals surface area contributed by atoms with Crippen molar-refractivity contribution in [3.8, 4) is 5.75 Å². The first-order valence-electron chi connectivity index (χ1n) is 5.74. The maximum Gasteiger partial charge on any atom is 0.119 e. The molecule has 1 fully saturated rings. The van der Waals surface area contributed by atoms with Gasteiger partial charge in [0.1, 0.15) is 5.75 Å². The Morgan fingerprint density at radius 1 is 1.19 bits per heavy atom. The van der Waals surface area contributed by atoms with E-state index in [-0.39, 0.29) is 12.4 Å². The number of ether oxygens (including phenoxy) is 1. The van der Waals surface area contributed by atoms with Gasteiger partial charge in [-0.05, 0) is 43.6 Å². The van der Waals surface area contributed by atoms with Crippen molar-refractivity contribution in [2.24, 2.45) is 0 Å². The van der Waals surface area contributed by atoms with E-state index in [1.165, 1.54) is 37.9 Å². The normalized spacial score (nSPS) is 16.6. The Kier molecular flexibility index (Phi) is 5.64. The number of hydrogen-bond acceptors (Lipinski definition) is 2. The lowest BCUT2D eigenvalue weighted by molar-refractivity contribution is 0.220. The lowest BCUT2D eigenvalue weighted by atomic mass is 10.1. The van der Waals surface area contributed by atoms with Gasteiger partial charge in [0.25, 0.3) is 0 Å². The number of methoxy groups -OCH3 is 1. The third-order valence-corrected chi connectivity index (χ3v) is 2.99. The highest BCUT2D eigenvalue weighted by molar-refractivity contribution is 5.85.